The van der Waals surface area contributed by atoms with Crippen molar-refractivity contribution in [2.45, 2.75) is 24.8 Å². The van der Waals surface area contributed by atoms with Gasteiger partial charge in [0.1, 0.15) is 5.54 Å². The fraction of sp³-hybridized carbons (Fsp3) is 0.909. The first-order valence-corrected chi connectivity index (χ1v) is 5.61. The Morgan fingerprint density at radius 1 is 1.36 bits per heavy atom. The zero-order valence-corrected chi connectivity index (χ0v) is 8.41. The van der Waals surface area contributed by atoms with Crippen molar-refractivity contribution >= 4 is 0 Å². The summed E-state index contributed by atoms with van der Waals surface area (Å²) in [5.74, 6) is 1.56. The summed E-state index contributed by atoms with van der Waals surface area (Å²) < 4.78 is 5.35. The first-order valence-electron chi connectivity index (χ1n) is 5.61. The molecular formula is C11H16N2O. The number of nitriles is 1. The first-order chi connectivity index (χ1) is 6.87. The van der Waals surface area contributed by atoms with Gasteiger partial charge in [0, 0.05) is 13.1 Å². The van der Waals surface area contributed by atoms with E-state index in [-0.39, 0.29) is 5.54 Å². The predicted octanol–water partition coefficient (Wildman–Crippen LogP) is 1.01. The number of hydrogen-bond acceptors (Lipinski definition) is 3. The van der Waals surface area contributed by atoms with Crippen LogP contribution < -0.4 is 0 Å². The van der Waals surface area contributed by atoms with E-state index in [1.54, 1.807) is 0 Å². The van der Waals surface area contributed by atoms with E-state index >= 15 is 0 Å². The lowest BCUT2D eigenvalue weighted by Gasteiger charge is -2.39. The molecule has 0 radical (unpaired) electrons. The Morgan fingerprint density at radius 3 is 2.64 bits per heavy atom. The molecule has 3 unspecified atom stereocenters. The molecule has 2 aliphatic carbocycles. The highest BCUT2D eigenvalue weighted by Crippen LogP contribution is 2.59. The standard InChI is InChI=1S/C11H16N2O/c12-8-11(2-1-9-7-10(9)11)13-3-5-14-6-4-13/h9-10H,1-7H2. The van der Waals surface area contributed by atoms with Gasteiger partial charge in [0.15, 0.2) is 0 Å². The number of morpholine rings is 1. The lowest BCUT2D eigenvalue weighted by atomic mass is 9.92. The second kappa shape index (κ2) is 2.95. The second-order valence-electron chi connectivity index (χ2n) is 4.78. The van der Waals surface area contributed by atoms with Crippen LogP contribution in [0.3, 0.4) is 0 Å². The van der Waals surface area contributed by atoms with Gasteiger partial charge < -0.3 is 4.74 Å². The average molecular weight is 192 g/mol. The van der Waals surface area contributed by atoms with E-state index in [2.05, 4.69) is 11.0 Å². The molecule has 2 saturated carbocycles. The molecule has 76 valence electrons. The molecule has 0 bridgehead atoms. The van der Waals surface area contributed by atoms with E-state index in [0.717, 1.165) is 38.6 Å². The Morgan fingerprint density at radius 2 is 2.14 bits per heavy atom. The molecule has 0 aromatic carbocycles. The van der Waals surface area contributed by atoms with Crippen molar-refractivity contribution < 1.29 is 4.74 Å². The maximum absolute atomic E-state index is 9.43. The minimum absolute atomic E-state index is 0.103. The van der Waals surface area contributed by atoms with Gasteiger partial charge in [-0.15, -0.1) is 0 Å². The fourth-order valence-corrected chi connectivity index (χ4v) is 3.31. The molecule has 14 heavy (non-hydrogen) atoms. The van der Waals surface area contributed by atoms with Crippen LogP contribution in [0, 0.1) is 23.2 Å². The summed E-state index contributed by atoms with van der Waals surface area (Å²) >= 11 is 0. The van der Waals surface area contributed by atoms with E-state index in [4.69, 9.17) is 4.74 Å². The molecule has 3 aliphatic rings. The molecule has 3 heteroatoms. The highest BCUT2D eigenvalue weighted by atomic mass is 16.5. The summed E-state index contributed by atoms with van der Waals surface area (Å²) in [6.45, 7) is 3.52. The Hall–Kier alpha value is -0.590. The van der Waals surface area contributed by atoms with Crippen molar-refractivity contribution in [3.05, 3.63) is 0 Å². The van der Waals surface area contributed by atoms with Crippen LogP contribution in [-0.4, -0.2) is 36.7 Å². The maximum Gasteiger partial charge on any atom is 0.112 e. The van der Waals surface area contributed by atoms with Gasteiger partial charge in [0.2, 0.25) is 0 Å². The zero-order valence-electron chi connectivity index (χ0n) is 8.41. The molecule has 3 rings (SSSR count). The topological polar surface area (TPSA) is 36.3 Å². The van der Waals surface area contributed by atoms with E-state index in [9.17, 15) is 5.26 Å². The van der Waals surface area contributed by atoms with E-state index in [1.165, 1.54) is 12.8 Å². The van der Waals surface area contributed by atoms with Gasteiger partial charge in [0.05, 0.1) is 19.3 Å². The van der Waals surface area contributed by atoms with Crippen molar-refractivity contribution in [1.29, 1.82) is 5.26 Å². The zero-order chi connectivity index (χ0) is 9.60. The van der Waals surface area contributed by atoms with Gasteiger partial charge in [-0.25, -0.2) is 0 Å². The van der Waals surface area contributed by atoms with Crippen LogP contribution in [0.2, 0.25) is 0 Å². The number of nitrogens with zero attached hydrogens (tertiary/aromatic N) is 2. The molecule has 0 spiro atoms. The van der Waals surface area contributed by atoms with Crippen LogP contribution in [0.15, 0.2) is 0 Å². The lowest BCUT2D eigenvalue weighted by molar-refractivity contribution is -0.00824. The summed E-state index contributed by atoms with van der Waals surface area (Å²) in [6, 6.07) is 2.61. The molecule has 0 aromatic heterocycles. The molecule has 3 fully saturated rings. The van der Waals surface area contributed by atoms with Crippen LogP contribution in [-0.2, 0) is 4.74 Å². The molecule has 0 N–H and O–H groups in total. The predicted molar refractivity (Wildman–Crippen MR) is 51.6 cm³/mol. The molecular weight excluding hydrogens is 176 g/mol. The van der Waals surface area contributed by atoms with Crippen molar-refractivity contribution in [1.82, 2.24) is 4.90 Å². The number of hydrogen-bond donors (Lipinski definition) is 0. The summed E-state index contributed by atoms with van der Waals surface area (Å²) in [5, 5.41) is 9.43. The van der Waals surface area contributed by atoms with Crippen LogP contribution >= 0.6 is 0 Å². The summed E-state index contributed by atoms with van der Waals surface area (Å²) in [6.07, 6.45) is 3.67. The monoisotopic (exact) mass is 192 g/mol. The van der Waals surface area contributed by atoms with Crippen molar-refractivity contribution in [2.24, 2.45) is 11.8 Å². The third kappa shape index (κ3) is 1.04. The third-order valence-electron chi connectivity index (χ3n) is 4.20. The van der Waals surface area contributed by atoms with Gasteiger partial charge >= 0.3 is 0 Å². The minimum atomic E-state index is -0.103. The SMILES string of the molecule is N#CC1(N2CCOCC2)CCC2CC21. The molecule has 1 aliphatic heterocycles. The third-order valence-corrected chi connectivity index (χ3v) is 4.20. The Bertz CT molecular complexity index is 280. The van der Waals surface area contributed by atoms with Crippen LogP contribution in [0.25, 0.3) is 0 Å². The molecule has 1 heterocycles. The van der Waals surface area contributed by atoms with E-state index in [0.29, 0.717) is 5.92 Å². The van der Waals surface area contributed by atoms with Gasteiger partial charge in [-0.1, -0.05) is 0 Å². The van der Waals surface area contributed by atoms with Crippen molar-refractivity contribution in [2.75, 3.05) is 26.3 Å². The molecule has 0 amide bonds. The van der Waals surface area contributed by atoms with Gasteiger partial charge in [0.25, 0.3) is 0 Å². The lowest BCUT2D eigenvalue weighted by Crippen LogP contribution is -2.53. The highest BCUT2D eigenvalue weighted by Gasteiger charge is 2.60. The fourth-order valence-electron chi connectivity index (χ4n) is 3.31. The van der Waals surface area contributed by atoms with Crippen LogP contribution in [0.4, 0.5) is 0 Å². The first kappa shape index (κ1) is 8.70. The number of fused-ring (bicyclic) bond motifs is 1. The normalized spacial score (nSPS) is 47.1. The largest absolute Gasteiger partial charge is 0.379 e. The molecule has 3 nitrogen and oxygen atoms in total. The summed E-state index contributed by atoms with van der Waals surface area (Å²) in [4.78, 5) is 2.38. The van der Waals surface area contributed by atoms with Gasteiger partial charge in [-0.2, -0.15) is 5.26 Å². The Balaban J connectivity index is 1.82. The van der Waals surface area contributed by atoms with Crippen molar-refractivity contribution in [3.63, 3.8) is 0 Å². The van der Waals surface area contributed by atoms with E-state index in [1.807, 2.05) is 0 Å². The van der Waals surface area contributed by atoms with Gasteiger partial charge in [-0.3, -0.25) is 4.90 Å². The van der Waals surface area contributed by atoms with Crippen molar-refractivity contribution in [3.8, 4) is 6.07 Å². The molecule has 0 aromatic rings. The van der Waals surface area contributed by atoms with Gasteiger partial charge in [-0.05, 0) is 31.1 Å². The number of ether oxygens (including phenoxy) is 1. The molecule has 1 saturated heterocycles. The average Bonchev–Trinajstić information content (AvgIpc) is 2.95. The smallest absolute Gasteiger partial charge is 0.112 e. The molecule has 3 atom stereocenters. The Labute approximate surface area is 84.6 Å². The quantitative estimate of drug-likeness (QED) is 0.622. The van der Waals surface area contributed by atoms with Crippen LogP contribution in [0.5, 0.6) is 0 Å². The highest BCUT2D eigenvalue weighted by molar-refractivity contribution is 5.23. The van der Waals surface area contributed by atoms with Crippen LogP contribution in [0.1, 0.15) is 19.3 Å². The summed E-state index contributed by atoms with van der Waals surface area (Å²) in [5.41, 5.74) is -0.103. The van der Waals surface area contributed by atoms with E-state index < -0.39 is 0 Å². The Kier molecular flexibility index (Phi) is 1.83. The second-order valence-corrected chi connectivity index (χ2v) is 4.78. The number of rotatable bonds is 1. The summed E-state index contributed by atoms with van der Waals surface area (Å²) in [7, 11) is 0. The maximum atomic E-state index is 9.43. The minimum Gasteiger partial charge on any atom is -0.379 e.